The van der Waals surface area contributed by atoms with E-state index >= 15 is 0 Å². The zero-order valence-corrected chi connectivity index (χ0v) is 13.3. The van der Waals surface area contributed by atoms with Crippen molar-refractivity contribution in [2.24, 2.45) is 0 Å². The van der Waals surface area contributed by atoms with Crippen LogP contribution in [0.5, 0.6) is 0 Å². The Kier molecular flexibility index (Phi) is 6.31. The van der Waals surface area contributed by atoms with Gasteiger partial charge in [0.1, 0.15) is 0 Å². The minimum absolute atomic E-state index is 0.215. The van der Waals surface area contributed by atoms with Crippen LogP contribution >= 0.6 is 11.8 Å². The molecule has 2 aromatic carbocycles. The summed E-state index contributed by atoms with van der Waals surface area (Å²) in [5, 5.41) is 11.9. The third-order valence-electron chi connectivity index (χ3n) is 3.25. The van der Waals surface area contributed by atoms with E-state index in [1.807, 2.05) is 0 Å². The van der Waals surface area contributed by atoms with E-state index in [9.17, 15) is 23.5 Å². The fourth-order valence-electron chi connectivity index (χ4n) is 2.15. The maximum atomic E-state index is 12.2. The quantitative estimate of drug-likeness (QED) is 0.734. The van der Waals surface area contributed by atoms with Crippen molar-refractivity contribution in [3.05, 3.63) is 60.2 Å². The molecule has 0 heterocycles. The number of amides is 1. The second-order valence-electron chi connectivity index (χ2n) is 4.96. The molecule has 0 aliphatic carbocycles. The Morgan fingerprint density at radius 2 is 1.67 bits per heavy atom. The molecule has 0 spiro atoms. The zero-order valence-electron chi connectivity index (χ0n) is 12.5. The van der Waals surface area contributed by atoms with Gasteiger partial charge in [-0.2, -0.15) is 8.78 Å². The molecular formula is C17H15F2NO3S. The van der Waals surface area contributed by atoms with Crippen molar-refractivity contribution >= 4 is 29.3 Å². The normalized spacial score (nSPS) is 12.0. The van der Waals surface area contributed by atoms with Gasteiger partial charge in [-0.1, -0.05) is 42.1 Å². The minimum Gasteiger partial charge on any atom is -0.481 e. The highest BCUT2D eigenvalue weighted by atomic mass is 32.2. The summed E-state index contributed by atoms with van der Waals surface area (Å²) < 4.78 is 24.5. The molecule has 0 radical (unpaired) electrons. The molecule has 126 valence electrons. The van der Waals surface area contributed by atoms with Crippen LogP contribution < -0.4 is 5.32 Å². The standard InChI is InChI=1S/C17H15F2NO3S/c18-17(19)24-13-8-6-12(7-9-13)20-15(21)10-14(16(22)23)11-4-2-1-3-5-11/h1-9,14,17H,10H2,(H,20,21)(H,22,23)/t14-/m0/s1. The summed E-state index contributed by atoms with van der Waals surface area (Å²) in [6.45, 7) is 0. The van der Waals surface area contributed by atoms with E-state index < -0.39 is 23.6 Å². The second-order valence-corrected chi connectivity index (χ2v) is 6.02. The van der Waals surface area contributed by atoms with Gasteiger partial charge >= 0.3 is 5.97 Å². The number of halogens is 2. The van der Waals surface area contributed by atoms with Crippen LogP contribution in [-0.2, 0) is 9.59 Å². The molecule has 0 bridgehead atoms. The summed E-state index contributed by atoms with van der Waals surface area (Å²) in [4.78, 5) is 23.8. The molecule has 1 atom stereocenters. The summed E-state index contributed by atoms with van der Waals surface area (Å²) in [5.41, 5.74) is 0.972. The summed E-state index contributed by atoms with van der Waals surface area (Å²) in [6, 6.07) is 14.4. The highest BCUT2D eigenvalue weighted by Crippen LogP contribution is 2.26. The monoisotopic (exact) mass is 351 g/mol. The van der Waals surface area contributed by atoms with Crippen LogP contribution in [0.2, 0.25) is 0 Å². The Bertz CT molecular complexity index is 693. The maximum Gasteiger partial charge on any atom is 0.311 e. The molecule has 0 aromatic heterocycles. The Balaban J connectivity index is 1.99. The van der Waals surface area contributed by atoms with Crippen LogP contribution in [0.3, 0.4) is 0 Å². The SMILES string of the molecule is O=C(C[C@H](C(=O)O)c1ccccc1)Nc1ccc(SC(F)F)cc1. The number of hydrogen-bond donors (Lipinski definition) is 2. The maximum absolute atomic E-state index is 12.2. The summed E-state index contributed by atoms with van der Waals surface area (Å²) in [5.74, 6) is -4.99. The molecule has 0 fully saturated rings. The van der Waals surface area contributed by atoms with Gasteiger partial charge in [-0.05, 0) is 29.8 Å². The van der Waals surface area contributed by atoms with E-state index in [-0.39, 0.29) is 6.42 Å². The Labute approximate surface area is 141 Å². The molecule has 4 nitrogen and oxygen atoms in total. The summed E-state index contributed by atoms with van der Waals surface area (Å²) in [7, 11) is 0. The number of aliphatic carboxylic acids is 1. The Hall–Kier alpha value is -2.41. The van der Waals surface area contributed by atoms with Crippen molar-refractivity contribution in [2.45, 2.75) is 23.0 Å². The third-order valence-corrected chi connectivity index (χ3v) is 3.98. The lowest BCUT2D eigenvalue weighted by Crippen LogP contribution is -2.20. The lowest BCUT2D eigenvalue weighted by atomic mass is 9.95. The molecule has 0 saturated carbocycles. The van der Waals surface area contributed by atoms with E-state index in [1.165, 1.54) is 24.3 Å². The van der Waals surface area contributed by atoms with Gasteiger partial charge in [0.25, 0.3) is 5.76 Å². The number of thioether (sulfide) groups is 1. The van der Waals surface area contributed by atoms with Crippen molar-refractivity contribution in [3.63, 3.8) is 0 Å². The lowest BCUT2D eigenvalue weighted by Gasteiger charge is -2.13. The van der Waals surface area contributed by atoms with Crippen LogP contribution in [0.15, 0.2) is 59.5 Å². The van der Waals surface area contributed by atoms with Gasteiger partial charge in [0.2, 0.25) is 5.91 Å². The molecule has 2 N–H and O–H groups in total. The highest BCUT2D eigenvalue weighted by Gasteiger charge is 2.23. The predicted molar refractivity (Wildman–Crippen MR) is 88.4 cm³/mol. The first-order valence-corrected chi connectivity index (χ1v) is 7.96. The van der Waals surface area contributed by atoms with E-state index in [4.69, 9.17) is 0 Å². The summed E-state index contributed by atoms with van der Waals surface area (Å²) >= 11 is 0.414. The second kappa shape index (κ2) is 8.44. The van der Waals surface area contributed by atoms with Crippen LogP contribution in [0.1, 0.15) is 17.9 Å². The van der Waals surface area contributed by atoms with Gasteiger partial charge in [-0.15, -0.1) is 0 Å². The molecule has 2 aromatic rings. The number of carbonyl (C=O) groups excluding carboxylic acids is 1. The Morgan fingerprint density at radius 3 is 2.21 bits per heavy atom. The smallest absolute Gasteiger partial charge is 0.311 e. The van der Waals surface area contributed by atoms with Crippen molar-refractivity contribution in [1.82, 2.24) is 0 Å². The summed E-state index contributed by atoms with van der Waals surface area (Å²) in [6.07, 6.45) is -0.215. The van der Waals surface area contributed by atoms with Crippen LogP contribution in [0, 0.1) is 0 Å². The van der Waals surface area contributed by atoms with Gasteiger partial charge in [0.05, 0.1) is 5.92 Å². The van der Waals surface area contributed by atoms with Crippen molar-refractivity contribution in [2.75, 3.05) is 5.32 Å². The van der Waals surface area contributed by atoms with Gasteiger partial charge < -0.3 is 10.4 Å². The van der Waals surface area contributed by atoms with Crippen molar-refractivity contribution < 1.29 is 23.5 Å². The first-order chi connectivity index (χ1) is 11.5. The third kappa shape index (κ3) is 5.34. The molecule has 0 aliphatic heterocycles. The van der Waals surface area contributed by atoms with E-state index in [0.29, 0.717) is 27.9 Å². The number of alkyl halides is 2. The number of carboxylic acid groups (broad SMARTS) is 1. The number of carbonyl (C=O) groups is 2. The van der Waals surface area contributed by atoms with E-state index in [1.54, 1.807) is 30.3 Å². The molecule has 7 heteroatoms. The molecule has 0 unspecified atom stereocenters. The first-order valence-electron chi connectivity index (χ1n) is 7.08. The van der Waals surface area contributed by atoms with E-state index in [0.717, 1.165) is 0 Å². The predicted octanol–water partition coefficient (Wildman–Crippen LogP) is 4.20. The van der Waals surface area contributed by atoms with Crippen LogP contribution in [0.25, 0.3) is 0 Å². The molecule has 1 amide bonds. The molecule has 24 heavy (non-hydrogen) atoms. The number of nitrogens with one attached hydrogen (secondary N) is 1. The number of benzene rings is 2. The molecule has 0 saturated heterocycles. The van der Waals surface area contributed by atoms with Gasteiger partial charge in [-0.25, -0.2) is 0 Å². The number of anilines is 1. The number of rotatable bonds is 7. The highest BCUT2D eigenvalue weighted by molar-refractivity contribution is 7.99. The lowest BCUT2D eigenvalue weighted by molar-refractivity contribution is -0.140. The number of hydrogen-bond acceptors (Lipinski definition) is 3. The first kappa shape index (κ1) is 17.9. The average Bonchev–Trinajstić information content (AvgIpc) is 2.54. The fourth-order valence-corrected chi connectivity index (χ4v) is 2.65. The van der Waals surface area contributed by atoms with Crippen LogP contribution in [0.4, 0.5) is 14.5 Å². The molecule has 2 rings (SSSR count). The fraction of sp³-hybridized carbons (Fsp3) is 0.176. The molecular weight excluding hydrogens is 336 g/mol. The van der Waals surface area contributed by atoms with Gasteiger partial charge in [0, 0.05) is 17.0 Å². The number of carboxylic acids is 1. The zero-order chi connectivity index (χ0) is 17.5. The largest absolute Gasteiger partial charge is 0.481 e. The van der Waals surface area contributed by atoms with Crippen molar-refractivity contribution in [1.29, 1.82) is 0 Å². The topological polar surface area (TPSA) is 66.4 Å². The van der Waals surface area contributed by atoms with Gasteiger partial charge in [0.15, 0.2) is 0 Å². The van der Waals surface area contributed by atoms with Crippen LogP contribution in [-0.4, -0.2) is 22.7 Å². The van der Waals surface area contributed by atoms with Gasteiger partial charge in [-0.3, -0.25) is 9.59 Å². The average molecular weight is 351 g/mol. The van der Waals surface area contributed by atoms with E-state index in [2.05, 4.69) is 5.32 Å². The molecule has 0 aliphatic rings. The Morgan fingerprint density at radius 1 is 1.04 bits per heavy atom. The van der Waals surface area contributed by atoms with Crippen molar-refractivity contribution in [3.8, 4) is 0 Å². The minimum atomic E-state index is -2.51.